The van der Waals surface area contributed by atoms with Crippen LogP contribution in [0.2, 0.25) is 0 Å². The molecule has 4 nitrogen and oxygen atoms in total. The molecule has 1 aromatic heterocycles. The number of nitrogens with one attached hydrogen (secondary N) is 1. The minimum Gasteiger partial charge on any atom is -0.340 e. The summed E-state index contributed by atoms with van der Waals surface area (Å²) in [4.78, 5) is 4.01. The van der Waals surface area contributed by atoms with E-state index < -0.39 is 0 Å². The predicted molar refractivity (Wildman–Crippen MR) is 62.0 cm³/mol. The highest BCUT2D eigenvalue weighted by atomic mass is 16.5. The van der Waals surface area contributed by atoms with Gasteiger partial charge in [0.05, 0.1) is 0 Å². The Bertz CT molecular complexity index is 280. The second kappa shape index (κ2) is 5.99. The molecule has 0 bridgehead atoms. The summed E-state index contributed by atoms with van der Waals surface area (Å²) >= 11 is 0. The predicted octanol–water partition coefficient (Wildman–Crippen LogP) is 2.17. The number of hydrogen-bond donors (Lipinski definition) is 1. The SMILES string of the molecule is CC(NCCc1ncno1)C1CCCCC1. The average Bonchev–Trinajstić information content (AvgIpc) is 2.83. The van der Waals surface area contributed by atoms with Gasteiger partial charge in [-0.1, -0.05) is 24.4 Å². The van der Waals surface area contributed by atoms with E-state index in [-0.39, 0.29) is 0 Å². The number of nitrogens with zero attached hydrogens (tertiary/aromatic N) is 2. The molecule has 1 aromatic rings. The smallest absolute Gasteiger partial charge is 0.227 e. The highest BCUT2D eigenvalue weighted by Gasteiger charge is 2.19. The van der Waals surface area contributed by atoms with Crippen LogP contribution in [0.4, 0.5) is 0 Å². The largest absolute Gasteiger partial charge is 0.340 e. The van der Waals surface area contributed by atoms with Gasteiger partial charge in [0, 0.05) is 19.0 Å². The summed E-state index contributed by atoms with van der Waals surface area (Å²) in [6.45, 7) is 3.23. The molecule has 0 radical (unpaired) electrons. The van der Waals surface area contributed by atoms with Gasteiger partial charge < -0.3 is 9.84 Å². The van der Waals surface area contributed by atoms with Gasteiger partial charge in [-0.15, -0.1) is 0 Å². The zero-order valence-corrected chi connectivity index (χ0v) is 9.98. The molecule has 1 aliphatic rings. The van der Waals surface area contributed by atoms with Crippen LogP contribution in [-0.4, -0.2) is 22.7 Å². The normalized spacial score (nSPS) is 19.8. The zero-order valence-electron chi connectivity index (χ0n) is 9.98. The van der Waals surface area contributed by atoms with E-state index in [4.69, 9.17) is 4.52 Å². The lowest BCUT2D eigenvalue weighted by Gasteiger charge is -2.28. The van der Waals surface area contributed by atoms with E-state index >= 15 is 0 Å². The molecule has 0 spiro atoms. The first-order chi connectivity index (χ1) is 7.86. The van der Waals surface area contributed by atoms with Crippen molar-refractivity contribution < 1.29 is 4.52 Å². The van der Waals surface area contributed by atoms with Crippen molar-refractivity contribution in [2.75, 3.05) is 6.54 Å². The van der Waals surface area contributed by atoms with Crippen molar-refractivity contribution in [1.82, 2.24) is 15.5 Å². The quantitative estimate of drug-likeness (QED) is 0.831. The summed E-state index contributed by atoms with van der Waals surface area (Å²) in [7, 11) is 0. The third-order valence-electron chi connectivity index (χ3n) is 3.57. The van der Waals surface area contributed by atoms with Gasteiger partial charge in [-0.25, -0.2) is 0 Å². The topological polar surface area (TPSA) is 51.0 Å². The second-order valence-electron chi connectivity index (χ2n) is 4.73. The summed E-state index contributed by atoms with van der Waals surface area (Å²) in [6, 6.07) is 0.614. The minimum absolute atomic E-state index is 0.614. The molecular formula is C12H21N3O. The van der Waals surface area contributed by atoms with Gasteiger partial charge in [0.2, 0.25) is 5.89 Å². The Balaban J connectivity index is 1.65. The van der Waals surface area contributed by atoms with Crippen LogP contribution >= 0.6 is 0 Å². The van der Waals surface area contributed by atoms with Crippen molar-refractivity contribution >= 4 is 0 Å². The van der Waals surface area contributed by atoms with Crippen LogP contribution in [0.15, 0.2) is 10.9 Å². The van der Waals surface area contributed by atoms with E-state index in [2.05, 4.69) is 22.4 Å². The van der Waals surface area contributed by atoms with Crippen LogP contribution in [0.25, 0.3) is 0 Å². The highest BCUT2D eigenvalue weighted by molar-refractivity contribution is 4.79. The first kappa shape index (κ1) is 11.6. The Labute approximate surface area is 96.8 Å². The zero-order chi connectivity index (χ0) is 11.2. The third-order valence-corrected chi connectivity index (χ3v) is 3.57. The number of aromatic nitrogens is 2. The average molecular weight is 223 g/mol. The molecule has 1 aliphatic carbocycles. The molecule has 1 saturated carbocycles. The third kappa shape index (κ3) is 3.30. The van der Waals surface area contributed by atoms with Crippen molar-refractivity contribution in [2.24, 2.45) is 5.92 Å². The Hall–Kier alpha value is -0.900. The van der Waals surface area contributed by atoms with Gasteiger partial charge in [-0.2, -0.15) is 4.98 Å². The fraction of sp³-hybridized carbons (Fsp3) is 0.833. The fourth-order valence-corrected chi connectivity index (χ4v) is 2.51. The molecule has 1 atom stereocenters. The molecule has 16 heavy (non-hydrogen) atoms. The molecule has 90 valence electrons. The molecule has 1 heterocycles. The van der Waals surface area contributed by atoms with Crippen molar-refractivity contribution in [2.45, 2.75) is 51.5 Å². The van der Waals surface area contributed by atoms with E-state index in [0.717, 1.165) is 24.8 Å². The molecule has 2 rings (SSSR count). The molecule has 4 heteroatoms. The Morgan fingerprint density at radius 2 is 2.25 bits per heavy atom. The molecule has 1 N–H and O–H groups in total. The lowest BCUT2D eigenvalue weighted by Crippen LogP contribution is -2.35. The van der Waals surface area contributed by atoms with Crippen LogP contribution in [0.1, 0.15) is 44.9 Å². The van der Waals surface area contributed by atoms with Crippen molar-refractivity contribution in [3.63, 3.8) is 0 Å². The van der Waals surface area contributed by atoms with Gasteiger partial charge in [0.15, 0.2) is 6.33 Å². The lowest BCUT2D eigenvalue weighted by molar-refractivity contribution is 0.279. The van der Waals surface area contributed by atoms with E-state index in [1.807, 2.05) is 0 Å². The molecule has 0 aromatic carbocycles. The van der Waals surface area contributed by atoms with Crippen molar-refractivity contribution in [3.8, 4) is 0 Å². The summed E-state index contributed by atoms with van der Waals surface area (Å²) in [5.41, 5.74) is 0. The van der Waals surface area contributed by atoms with Crippen LogP contribution in [0.5, 0.6) is 0 Å². The molecule has 1 unspecified atom stereocenters. The van der Waals surface area contributed by atoms with Gasteiger partial charge in [0.1, 0.15) is 0 Å². The van der Waals surface area contributed by atoms with E-state index in [1.54, 1.807) is 0 Å². The van der Waals surface area contributed by atoms with E-state index in [1.165, 1.54) is 38.4 Å². The monoisotopic (exact) mass is 223 g/mol. The van der Waals surface area contributed by atoms with E-state index in [9.17, 15) is 0 Å². The maximum atomic E-state index is 4.96. The van der Waals surface area contributed by atoms with Crippen LogP contribution < -0.4 is 5.32 Å². The van der Waals surface area contributed by atoms with Crippen LogP contribution in [0.3, 0.4) is 0 Å². The van der Waals surface area contributed by atoms with Gasteiger partial charge >= 0.3 is 0 Å². The fourth-order valence-electron chi connectivity index (χ4n) is 2.51. The van der Waals surface area contributed by atoms with Gasteiger partial charge in [-0.3, -0.25) is 0 Å². The summed E-state index contributed by atoms with van der Waals surface area (Å²) in [6.07, 6.45) is 9.28. The summed E-state index contributed by atoms with van der Waals surface area (Å²) < 4.78 is 4.96. The van der Waals surface area contributed by atoms with Crippen molar-refractivity contribution in [1.29, 1.82) is 0 Å². The minimum atomic E-state index is 0.614. The lowest BCUT2D eigenvalue weighted by atomic mass is 9.84. The second-order valence-corrected chi connectivity index (χ2v) is 4.73. The Morgan fingerprint density at radius 3 is 2.94 bits per heavy atom. The van der Waals surface area contributed by atoms with Crippen molar-refractivity contribution in [3.05, 3.63) is 12.2 Å². The van der Waals surface area contributed by atoms with Crippen LogP contribution in [0, 0.1) is 5.92 Å². The summed E-state index contributed by atoms with van der Waals surface area (Å²) in [5, 5.41) is 7.16. The maximum Gasteiger partial charge on any atom is 0.227 e. The van der Waals surface area contributed by atoms with Crippen LogP contribution in [-0.2, 0) is 6.42 Å². The first-order valence-electron chi connectivity index (χ1n) is 6.35. The molecule has 0 saturated heterocycles. The van der Waals surface area contributed by atoms with E-state index in [0.29, 0.717) is 6.04 Å². The molecule has 0 aliphatic heterocycles. The first-order valence-corrected chi connectivity index (χ1v) is 6.35. The number of rotatable bonds is 5. The standard InChI is InChI=1S/C12H21N3O/c1-10(11-5-3-2-4-6-11)13-8-7-12-14-9-15-16-12/h9-11,13H,2-8H2,1H3. The van der Waals surface area contributed by atoms with Gasteiger partial charge in [0.25, 0.3) is 0 Å². The van der Waals surface area contributed by atoms with Gasteiger partial charge in [-0.05, 0) is 25.7 Å². The highest BCUT2D eigenvalue weighted by Crippen LogP contribution is 2.26. The number of hydrogen-bond acceptors (Lipinski definition) is 4. The summed E-state index contributed by atoms with van der Waals surface area (Å²) in [5.74, 6) is 1.58. The molecule has 1 fully saturated rings. The Morgan fingerprint density at radius 1 is 1.44 bits per heavy atom. The molecule has 0 amide bonds. The molecular weight excluding hydrogens is 202 g/mol. The Kier molecular flexibility index (Phi) is 4.34. The maximum absolute atomic E-state index is 4.96.